The summed E-state index contributed by atoms with van der Waals surface area (Å²) >= 11 is 1.07. The molecule has 0 aliphatic heterocycles. The van der Waals surface area contributed by atoms with Crippen molar-refractivity contribution in [3.8, 4) is 6.07 Å². The normalized spacial score (nSPS) is 10.4. The number of hydrogen-bond acceptors (Lipinski definition) is 6. The van der Waals surface area contributed by atoms with E-state index in [1.54, 1.807) is 50.2 Å². The summed E-state index contributed by atoms with van der Waals surface area (Å²) in [7, 11) is 0. The highest BCUT2D eigenvalue weighted by Gasteiger charge is 2.25. The number of benzene rings is 2. The van der Waals surface area contributed by atoms with E-state index in [2.05, 4.69) is 11.1 Å². The van der Waals surface area contributed by atoms with Crippen LogP contribution in [-0.4, -0.2) is 23.5 Å². The highest BCUT2D eigenvalue weighted by atomic mass is 32.1. The molecule has 6 nitrogen and oxygen atoms in total. The first-order chi connectivity index (χ1) is 14.9. The van der Waals surface area contributed by atoms with Gasteiger partial charge in [0.05, 0.1) is 31.3 Å². The third-order valence-corrected chi connectivity index (χ3v) is 5.59. The minimum absolute atomic E-state index is 0.136. The van der Waals surface area contributed by atoms with Crippen molar-refractivity contribution in [2.75, 3.05) is 11.5 Å². The topological polar surface area (TPSA) is 83.3 Å². The Morgan fingerprint density at radius 3 is 2.61 bits per heavy atom. The number of anilines is 1. The predicted octanol–water partition coefficient (Wildman–Crippen LogP) is 4.68. The molecule has 0 fully saturated rings. The minimum Gasteiger partial charge on any atom is -0.462 e. The summed E-state index contributed by atoms with van der Waals surface area (Å²) in [5.41, 5.74) is 2.28. The van der Waals surface area contributed by atoms with E-state index in [0.717, 1.165) is 16.9 Å². The molecule has 0 radical (unpaired) electrons. The molecule has 158 valence electrons. The number of ether oxygens (including phenoxy) is 1. The number of aromatic nitrogens is 1. The number of hydrogen-bond donors (Lipinski definition) is 0. The maximum absolute atomic E-state index is 13.4. The molecule has 2 aromatic carbocycles. The van der Waals surface area contributed by atoms with Crippen LogP contribution in [0.25, 0.3) is 0 Å². The van der Waals surface area contributed by atoms with E-state index in [4.69, 9.17) is 10.00 Å². The summed E-state index contributed by atoms with van der Waals surface area (Å²) in [6.07, 6.45) is 0.183. The Morgan fingerprint density at radius 1 is 1.19 bits per heavy atom. The molecule has 0 aliphatic rings. The second-order valence-electron chi connectivity index (χ2n) is 6.68. The van der Waals surface area contributed by atoms with Crippen LogP contribution in [0.4, 0.5) is 9.52 Å². The van der Waals surface area contributed by atoms with Crippen LogP contribution in [0.1, 0.15) is 43.8 Å². The number of nitriles is 1. The molecule has 1 amide bonds. The Balaban J connectivity index is 2.01. The lowest BCUT2D eigenvalue weighted by Gasteiger charge is -2.20. The van der Waals surface area contributed by atoms with Gasteiger partial charge in [-0.3, -0.25) is 9.69 Å². The third kappa shape index (κ3) is 5.32. The number of thiazole rings is 1. The van der Waals surface area contributed by atoms with Crippen molar-refractivity contribution in [2.45, 2.75) is 26.8 Å². The number of esters is 1. The summed E-state index contributed by atoms with van der Waals surface area (Å²) in [6.45, 7) is 3.76. The smallest absolute Gasteiger partial charge is 0.350 e. The fraction of sp³-hybridized carbons (Fsp3) is 0.217. The van der Waals surface area contributed by atoms with Gasteiger partial charge in [0.2, 0.25) is 0 Å². The monoisotopic (exact) mass is 437 g/mol. The SMILES string of the molecule is CCOC(=O)c1sc(N(Cc2ccc(F)cc2)C(=O)c2cccc(CC#N)c2)nc1C. The van der Waals surface area contributed by atoms with Crippen molar-refractivity contribution < 1.29 is 18.7 Å². The maximum atomic E-state index is 13.4. The van der Waals surface area contributed by atoms with Gasteiger partial charge in [-0.1, -0.05) is 35.6 Å². The number of rotatable bonds is 7. The molecule has 31 heavy (non-hydrogen) atoms. The van der Waals surface area contributed by atoms with E-state index in [1.165, 1.54) is 17.0 Å². The number of aryl methyl sites for hydroxylation is 1. The first kappa shape index (κ1) is 22.1. The van der Waals surface area contributed by atoms with Crippen molar-refractivity contribution in [3.63, 3.8) is 0 Å². The zero-order chi connectivity index (χ0) is 22.4. The van der Waals surface area contributed by atoms with E-state index < -0.39 is 5.97 Å². The van der Waals surface area contributed by atoms with Gasteiger partial charge in [0.15, 0.2) is 5.13 Å². The first-order valence-electron chi connectivity index (χ1n) is 9.59. The Kier molecular flexibility index (Phi) is 7.11. The van der Waals surface area contributed by atoms with Gasteiger partial charge in [0, 0.05) is 5.56 Å². The van der Waals surface area contributed by atoms with Gasteiger partial charge in [0.1, 0.15) is 10.7 Å². The van der Waals surface area contributed by atoms with Crippen molar-refractivity contribution in [1.82, 2.24) is 4.98 Å². The van der Waals surface area contributed by atoms with E-state index in [0.29, 0.717) is 26.8 Å². The Morgan fingerprint density at radius 2 is 1.94 bits per heavy atom. The number of halogens is 1. The number of nitrogens with zero attached hydrogens (tertiary/aromatic N) is 3. The molecule has 0 saturated carbocycles. The maximum Gasteiger partial charge on any atom is 0.350 e. The molecule has 0 aliphatic carbocycles. The van der Waals surface area contributed by atoms with Crippen molar-refractivity contribution in [3.05, 3.63) is 81.6 Å². The average molecular weight is 437 g/mol. The highest BCUT2D eigenvalue weighted by Crippen LogP contribution is 2.29. The van der Waals surface area contributed by atoms with Crippen molar-refractivity contribution in [1.29, 1.82) is 5.26 Å². The molecular weight excluding hydrogens is 417 g/mol. The van der Waals surface area contributed by atoms with Crippen LogP contribution in [0, 0.1) is 24.1 Å². The second-order valence-corrected chi connectivity index (χ2v) is 7.66. The van der Waals surface area contributed by atoms with Crippen LogP contribution < -0.4 is 4.90 Å². The van der Waals surface area contributed by atoms with E-state index >= 15 is 0 Å². The summed E-state index contributed by atoms with van der Waals surface area (Å²) in [5.74, 6) is -1.21. The number of amides is 1. The minimum atomic E-state index is -0.492. The van der Waals surface area contributed by atoms with Gasteiger partial charge in [-0.15, -0.1) is 0 Å². The second kappa shape index (κ2) is 9.96. The van der Waals surface area contributed by atoms with Crippen LogP contribution in [0.5, 0.6) is 0 Å². The molecule has 8 heteroatoms. The lowest BCUT2D eigenvalue weighted by molar-refractivity contribution is 0.0531. The van der Waals surface area contributed by atoms with Crippen molar-refractivity contribution >= 4 is 28.3 Å². The highest BCUT2D eigenvalue weighted by molar-refractivity contribution is 7.17. The van der Waals surface area contributed by atoms with Gasteiger partial charge < -0.3 is 4.74 Å². The number of carbonyl (C=O) groups excluding carboxylic acids is 2. The van der Waals surface area contributed by atoms with Crippen LogP contribution in [0.3, 0.4) is 0 Å². The van der Waals surface area contributed by atoms with Crippen LogP contribution in [-0.2, 0) is 17.7 Å². The quantitative estimate of drug-likeness (QED) is 0.501. The van der Waals surface area contributed by atoms with Crippen molar-refractivity contribution in [2.24, 2.45) is 0 Å². The largest absolute Gasteiger partial charge is 0.462 e. The predicted molar refractivity (Wildman–Crippen MR) is 115 cm³/mol. The molecule has 0 spiro atoms. The van der Waals surface area contributed by atoms with Gasteiger partial charge in [-0.05, 0) is 49.2 Å². The molecule has 3 aromatic rings. The number of carbonyl (C=O) groups is 2. The Bertz CT molecular complexity index is 1140. The van der Waals surface area contributed by atoms with E-state index in [9.17, 15) is 14.0 Å². The van der Waals surface area contributed by atoms with Crippen LogP contribution in [0.2, 0.25) is 0 Å². The molecule has 0 N–H and O–H groups in total. The zero-order valence-electron chi connectivity index (χ0n) is 17.1. The molecule has 1 heterocycles. The molecule has 0 saturated heterocycles. The van der Waals surface area contributed by atoms with E-state index in [-0.39, 0.29) is 31.3 Å². The Labute approximate surface area is 183 Å². The van der Waals surface area contributed by atoms with Gasteiger partial charge in [-0.25, -0.2) is 14.2 Å². The summed E-state index contributed by atoms with van der Waals surface area (Å²) in [6, 6.07) is 14.7. The lowest BCUT2D eigenvalue weighted by Crippen LogP contribution is -2.30. The summed E-state index contributed by atoms with van der Waals surface area (Å²) < 4.78 is 18.4. The summed E-state index contributed by atoms with van der Waals surface area (Å²) in [5, 5.41) is 9.29. The van der Waals surface area contributed by atoms with Gasteiger partial charge >= 0.3 is 5.97 Å². The lowest BCUT2D eigenvalue weighted by atomic mass is 10.1. The average Bonchev–Trinajstić information content (AvgIpc) is 3.15. The molecule has 0 unspecified atom stereocenters. The fourth-order valence-corrected chi connectivity index (χ4v) is 3.90. The van der Waals surface area contributed by atoms with Crippen LogP contribution >= 0.6 is 11.3 Å². The third-order valence-electron chi connectivity index (χ3n) is 4.43. The molecule has 0 bridgehead atoms. The molecule has 1 aromatic heterocycles. The fourth-order valence-electron chi connectivity index (χ4n) is 2.94. The zero-order valence-corrected chi connectivity index (χ0v) is 17.9. The Hall–Kier alpha value is -3.57. The van der Waals surface area contributed by atoms with E-state index in [1.807, 2.05) is 0 Å². The van der Waals surface area contributed by atoms with Gasteiger partial charge in [0.25, 0.3) is 5.91 Å². The first-order valence-corrected chi connectivity index (χ1v) is 10.4. The summed E-state index contributed by atoms with van der Waals surface area (Å²) in [4.78, 5) is 31.8. The van der Waals surface area contributed by atoms with Crippen LogP contribution in [0.15, 0.2) is 48.5 Å². The standard InChI is InChI=1S/C23H20FN3O3S/c1-3-30-22(29)20-15(2)26-23(31-20)27(14-17-7-9-19(24)10-8-17)21(28)18-6-4-5-16(13-18)11-12-25/h4-10,13H,3,11,14H2,1-2H3. The molecule has 3 rings (SSSR count). The van der Waals surface area contributed by atoms with Gasteiger partial charge in [-0.2, -0.15) is 5.26 Å². The molecule has 0 atom stereocenters. The molecular formula is C23H20FN3O3S.